The number of aldehydes is 1. The number of carbonyl (C=O) groups is 2. The number of H-pyrrole nitrogens is 1. The first-order valence-corrected chi connectivity index (χ1v) is 6.42. The minimum absolute atomic E-state index is 0.216. The van der Waals surface area contributed by atoms with Crippen molar-refractivity contribution in [1.82, 2.24) is 4.98 Å². The maximum atomic E-state index is 11.9. The van der Waals surface area contributed by atoms with E-state index in [4.69, 9.17) is 4.74 Å². The Morgan fingerprint density at radius 1 is 1.20 bits per heavy atom. The molecule has 0 aliphatic carbocycles. The van der Waals surface area contributed by atoms with Crippen LogP contribution in [0.15, 0.2) is 36.4 Å². The highest BCUT2D eigenvalue weighted by Gasteiger charge is 2.19. The number of esters is 1. The number of fused-ring (bicyclic) bond motifs is 3. The minimum atomic E-state index is -0.505. The number of carbonyl (C=O) groups excluding carboxylic acids is 2. The second-order valence-electron chi connectivity index (χ2n) is 4.46. The van der Waals surface area contributed by atoms with E-state index in [0.29, 0.717) is 11.8 Å². The highest BCUT2D eigenvalue weighted by molar-refractivity contribution is 6.15. The molecule has 4 nitrogen and oxygen atoms in total. The third-order valence-electron chi connectivity index (χ3n) is 3.34. The summed E-state index contributed by atoms with van der Waals surface area (Å²) in [5.74, 6) is -0.505. The van der Waals surface area contributed by atoms with E-state index in [1.165, 1.54) is 0 Å². The van der Waals surface area contributed by atoms with E-state index in [1.54, 1.807) is 6.92 Å². The summed E-state index contributed by atoms with van der Waals surface area (Å²) in [4.78, 5) is 26.3. The minimum Gasteiger partial charge on any atom is -0.461 e. The predicted molar refractivity (Wildman–Crippen MR) is 77.1 cm³/mol. The molecule has 0 fully saturated rings. The van der Waals surface area contributed by atoms with Gasteiger partial charge in [-0.3, -0.25) is 4.79 Å². The van der Waals surface area contributed by atoms with E-state index in [1.807, 2.05) is 36.4 Å². The van der Waals surface area contributed by atoms with Crippen LogP contribution >= 0.6 is 0 Å². The predicted octanol–water partition coefficient (Wildman–Crippen LogP) is 3.31. The number of nitrogens with one attached hydrogen (secondary N) is 1. The molecule has 0 aliphatic heterocycles. The van der Waals surface area contributed by atoms with E-state index in [9.17, 15) is 9.59 Å². The average Bonchev–Trinajstić information content (AvgIpc) is 2.86. The van der Waals surface area contributed by atoms with Crippen LogP contribution < -0.4 is 0 Å². The molecule has 0 amide bonds. The van der Waals surface area contributed by atoms with E-state index in [2.05, 4.69) is 4.98 Å². The van der Waals surface area contributed by atoms with Gasteiger partial charge in [0.2, 0.25) is 0 Å². The fraction of sp³-hybridized carbons (Fsp3) is 0.125. The molecule has 2 aromatic carbocycles. The Morgan fingerprint density at radius 3 is 2.75 bits per heavy atom. The summed E-state index contributed by atoms with van der Waals surface area (Å²) in [5, 5.41) is 2.76. The topological polar surface area (TPSA) is 59.2 Å². The molecule has 0 unspecified atom stereocenters. The van der Waals surface area contributed by atoms with Crippen LogP contribution in [0.5, 0.6) is 0 Å². The monoisotopic (exact) mass is 267 g/mol. The van der Waals surface area contributed by atoms with Gasteiger partial charge in [0.1, 0.15) is 5.69 Å². The van der Waals surface area contributed by atoms with Gasteiger partial charge in [-0.15, -0.1) is 0 Å². The molecule has 0 atom stereocenters. The summed E-state index contributed by atoms with van der Waals surface area (Å²) < 4.78 is 4.98. The van der Waals surface area contributed by atoms with Gasteiger partial charge in [0.25, 0.3) is 0 Å². The van der Waals surface area contributed by atoms with Crippen molar-refractivity contribution >= 4 is 33.9 Å². The fourth-order valence-corrected chi connectivity index (χ4v) is 2.44. The highest BCUT2D eigenvalue weighted by atomic mass is 16.5. The van der Waals surface area contributed by atoms with Gasteiger partial charge in [0.05, 0.1) is 17.7 Å². The van der Waals surface area contributed by atoms with Gasteiger partial charge in [0.15, 0.2) is 6.29 Å². The van der Waals surface area contributed by atoms with Crippen LogP contribution in [0.1, 0.15) is 27.8 Å². The van der Waals surface area contributed by atoms with Gasteiger partial charge in [-0.1, -0.05) is 36.4 Å². The van der Waals surface area contributed by atoms with Crippen LogP contribution in [0, 0.1) is 0 Å². The lowest BCUT2D eigenvalue weighted by Crippen LogP contribution is -2.07. The Balaban J connectivity index is 2.35. The summed E-state index contributed by atoms with van der Waals surface area (Å²) in [6.07, 6.45) is 0.694. The lowest BCUT2D eigenvalue weighted by atomic mass is 10.1. The summed E-state index contributed by atoms with van der Waals surface area (Å²) in [6.45, 7) is 2.00. The number of hydrogen-bond acceptors (Lipinski definition) is 3. The van der Waals surface area contributed by atoms with Crippen LogP contribution in [0.2, 0.25) is 0 Å². The first-order valence-electron chi connectivity index (χ1n) is 6.42. The van der Waals surface area contributed by atoms with Gasteiger partial charge in [-0.25, -0.2) is 4.79 Å². The van der Waals surface area contributed by atoms with E-state index < -0.39 is 5.97 Å². The Labute approximate surface area is 115 Å². The van der Waals surface area contributed by atoms with Gasteiger partial charge in [-0.2, -0.15) is 0 Å². The molecule has 3 aromatic rings. The van der Waals surface area contributed by atoms with Crippen molar-refractivity contribution in [1.29, 1.82) is 0 Å². The second kappa shape index (κ2) is 4.81. The second-order valence-corrected chi connectivity index (χ2v) is 4.46. The van der Waals surface area contributed by atoms with E-state index in [-0.39, 0.29) is 12.3 Å². The van der Waals surface area contributed by atoms with E-state index in [0.717, 1.165) is 21.7 Å². The normalized spacial score (nSPS) is 10.8. The SMILES string of the molecule is CCOC(=O)c1[nH]c2c(ccc3ccccc32)c1C=O. The molecule has 1 heterocycles. The van der Waals surface area contributed by atoms with Crippen LogP contribution in [-0.2, 0) is 4.74 Å². The zero-order chi connectivity index (χ0) is 14.1. The molecule has 0 saturated heterocycles. The van der Waals surface area contributed by atoms with Crippen LogP contribution in [0.4, 0.5) is 0 Å². The smallest absolute Gasteiger partial charge is 0.355 e. The fourth-order valence-electron chi connectivity index (χ4n) is 2.44. The Morgan fingerprint density at radius 2 is 2.00 bits per heavy atom. The largest absolute Gasteiger partial charge is 0.461 e. The molecule has 3 rings (SSSR count). The molecule has 1 N–H and O–H groups in total. The molecule has 0 saturated carbocycles. The molecule has 4 heteroatoms. The van der Waals surface area contributed by atoms with Crippen molar-refractivity contribution in [3.05, 3.63) is 47.7 Å². The number of benzene rings is 2. The third kappa shape index (κ3) is 1.77. The molecular formula is C16H13NO3. The van der Waals surface area contributed by atoms with Gasteiger partial charge in [-0.05, 0) is 12.3 Å². The molecule has 0 radical (unpaired) electrons. The number of rotatable bonds is 3. The van der Waals surface area contributed by atoms with Crippen LogP contribution in [-0.4, -0.2) is 23.8 Å². The Kier molecular flexibility index (Phi) is 2.99. The van der Waals surface area contributed by atoms with Crippen molar-refractivity contribution < 1.29 is 14.3 Å². The maximum Gasteiger partial charge on any atom is 0.355 e. The number of aromatic amines is 1. The molecule has 20 heavy (non-hydrogen) atoms. The van der Waals surface area contributed by atoms with Crippen molar-refractivity contribution in [2.75, 3.05) is 6.61 Å². The quantitative estimate of drug-likeness (QED) is 0.585. The summed E-state index contributed by atoms with van der Waals surface area (Å²) in [7, 11) is 0. The standard InChI is InChI=1S/C16H13NO3/c1-2-20-16(19)15-13(9-18)12-8-7-10-5-3-4-6-11(10)14(12)17-15/h3-9,17H,2H2,1H3. The first-order chi connectivity index (χ1) is 9.76. The summed E-state index contributed by atoms with van der Waals surface area (Å²) in [6, 6.07) is 11.6. The lowest BCUT2D eigenvalue weighted by Gasteiger charge is -1.99. The average molecular weight is 267 g/mol. The number of hydrogen-bond donors (Lipinski definition) is 1. The van der Waals surface area contributed by atoms with Gasteiger partial charge < -0.3 is 9.72 Å². The summed E-state index contributed by atoms with van der Waals surface area (Å²) in [5.41, 5.74) is 1.35. The van der Waals surface area contributed by atoms with Crippen LogP contribution in [0.25, 0.3) is 21.7 Å². The zero-order valence-electron chi connectivity index (χ0n) is 11.0. The van der Waals surface area contributed by atoms with Crippen molar-refractivity contribution in [2.24, 2.45) is 0 Å². The third-order valence-corrected chi connectivity index (χ3v) is 3.34. The number of ether oxygens (including phenoxy) is 1. The van der Waals surface area contributed by atoms with Crippen molar-refractivity contribution in [3.63, 3.8) is 0 Å². The van der Waals surface area contributed by atoms with Crippen molar-refractivity contribution in [3.8, 4) is 0 Å². The van der Waals surface area contributed by atoms with E-state index >= 15 is 0 Å². The Hall–Kier alpha value is -2.62. The van der Waals surface area contributed by atoms with Gasteiger partial charge >= 0.3 is 5.97 Å². The molecule has 100 valence electrons. The molecule has 0 bridgehead atoms. The van der Waals surface area contributed by atoms with Crippen molar-refractivity contribution in [2.45, 2.75) is 6.92 Å². The first kappa shape index (κ1) is 12.4. The molecule has 1 aromatic heterocycles. The van der Waals surface area contributed by atoms with Crippen LogP contribution in [0.3, 0.4) is 0 Å². The zero-order valence-corrected chi connectivity index (χ0v) is 11.0. The molecule has 0 spiro atoms. The maximum absolute atomic E-state index is 11.9. The molecular weight excluding hydrogens is 254 g/mol. The molecule has 0 aliphatic rings. The summed E-state index contributed by atoms with van der Waals surface area (Å²) >= 11 is 0. The van der Waals surface area contributed by atoms with Gasteiger partial charge in [0, 0.05) is 10.8 Å². The Bertz CT molecular complexity index is 817. The lowest BCUT2D eigenvalue weighted by molar-refractivity contribution is 0.0518. The highest BCUT2D eigenvalue weighted by Crippen LogP contribution is 2.28. The number of aromatic nitrogens is 1.